The molecular formula is C22H24F4N6O3S. The van der Waals surface area contributed by atoms with E-state index in [1.807, 2.05) is 12.1 Å². The zero-order chi connectivity index (χ0) is 25.7. The van der Waals surface area contributed by atoms with E-state index in [9.17, 15) is 22.7 Å². The van der Waals surface area contributed by atoms with Gasteiger partial charge in [-0.05, 0) is 56.0 Å². The van der Waals surface area contributed by atoms with Crippen LogP contribution in [-0.4, -0.2) is 51.2 Å². The van der Waals surface area contributed by atoms with Crippen molar-refractivity contribution in [2.75, 3.05) is 17.7 Å². The quantitative estimate of drug-likeness (QED) is 0.270. The van der Waals surface area contributed by atoms with Crippen LogP contribution in [0.2, 0.25) is 0 Å². The molecule has 1 fully saturated rings. The van der Waals surface area contributed by atoms with Crippen molar-refractivity contribution in [1.29, 1.82) is 0 Å². The van der Waals surface area contributed by atoms with Crippen LogP contribution in [0.3, 0.4) is 0 Å². The van der Waals surface area contributed by atoms with Gasteiger partial charge < -0.3 is 25.2 Å². The van der Waals surface area contributed by atoms with E-state index in [4.69, 9.17) is 4.74 Å². The summed E-state index contributed by atoms with van der Waals surface area (Å²) >= 11 is 1.14. The number of aromatic nitrogens is 4. The molecule has 0 saturated heterocycles. The fourth-order valence-electron chi connectivity index (χ4n) is 4.14. The summed E-state index contributed by atoms with van der Waals surface area (Å²) < 4.78 is 60.9. The number of rotatable bonds is 9. The number of methoxy groups -OCH3 is 1. The molecule has 3 aromatic rings. The molecule has 0 spiro atoms. The zero-order valence-electron chi connectivity index (χ0n) is 19.1. The van der Waals surface area contributed by atoms with E-state index in [-0.39, 0.29) is 16.7 Å². The summed E-state index contributed by atoms with van der Waals surface area (Å²) in [5, 5.41) is 33.5. The van der Waals surface area contributed by atoms with Gasteiger partial charge >= 0.3 is 6.36 Å². The maximum atomic E-state index is 14.3. The standard InChI is InChI=1S/C22H24F4N6O3S/c1-34-18(15-11-14(8-9-16(15)23)35-22(24,25)26)19(33)29-21-32-31-20(36-21)28-13-6-4-12(5-7-13)17-3-2-10-27-30-17/h2-3,8-13,18-19,33H,4-7H2,1H3,(H,28,31)(H,29,32)/t12-,13+,18-,19?/m1/s1. The molecule has 0 radical (unpaired) electrons. The van der Waals surface area contributed by atoms with Crippen LogP contribution < -0.4 is 15.4 Å². The van der Waals surface area contributed by atoms with Crippen LogP contribution >= 0.6 is 11.3 Å². The third-order valence-electron chi connectivity index (χ3n) is 5.81. The lowest BCUT2D eigenvalue weighted by atomic mass is 9.84. The number of aliphatic hydroxyl groups excluding tert-OH is 1. The molecule has 2 heterocycles. The van der Waals surface area contributed by atoms with Gasteiger partial charge in [0.15, 0.2) is 6.23 Å². The van der Waals surface area contributed by atoms with Crippen molar-refractivity contribution in [2.45, 2.75) is 56.3 Å². The van der Waals surface area contributed by atoms with Crippen molar-refractivity contribution >= 4 is 21.6 Å². The minimum Gasteiger partial charge on any atom is -0.406 e. The van der Waals surface area contributed by atoms with Crippen LogP contribution in [-0.2, 0) is 4.74 Å². The lowest BCUT2D eigenvalue weighted by Gasteiger charge is -2.28. The molecule has 4 rings (SSSR count). The number of hydrogen-bond acceptors (Lipinski definition) is 10. The van der Waals surface area contributed by atoms with Gasteiger partial charge in [0, 0.05) is 30.8 Å². The topological polar surface area (TPSA) is 114 Å². The average molecular weight is 529 g/mol. The van der Waals surface area contributed by atoms with E-state index in [1.54, 1.807) is 6.20 Å². The Kier molecular flexibility index (Phi) is 8.16. The van der Waals surface area contributed by atoms with E-state index < -0.39 is 30.3 Å². The highest BCUT2D eigenvalue weighted by atomic mass is 32.1. The lowest BCUT2D eigenvalue weighted by molar-refractivity contribution is -0.274. The molecule has 9 nitrogen and oxygen atoms in total. The molecule has 2 atom stereocenters. The summed E-state index contributed by atoms with van der Waals surface area (Å²) in [6.07, 6.45) is -2.44. The summed E-state index contributed by atoms with van der Waals surface area (Å²) in [7, 11) is 1.19. The second kappa shape index (κ2) is 11.3. The number of alkyl halides is 3. The summed E-state index contributed by atoms with van der Waals surface area (Å²) in [5.74, 6) is -1.14. The Hall–Kier alpha value is -3.10. The molecule has 1 aromatic carbocycles. The fourth-order valence-corrected chi connectivity index (χ4v) is 4.90. The first kappa shape index (κ1) is 26.0. The Morgan fingerprint density at radius 2 is 1.83 bits per heavy atom. The molecule has 1 saturated carbocycles. The number of nitrogens with zero attached hydrogens (tertiary/aromatic N) is 4. The van der Waals surface area contributed by atoms with Crippen molar-refractivity contribution in [3.05, 3.63) is 53.6 Å². The lowest BCUT2D eigenvalue weighted by Crippen LogP contribution is -2.29. The fraction of sp³-hybridized carbons (Fsp3) is 0.455. The number of anilines is 2. The second-order valence-corrected chi connectivity index (χ2v) is 9.21. The van der Waals surface area contributed by atoms with Gasteiger partial charge in [0.25, 0.3) is 0 Å². The van der Waals surface area contributed by atoms with Gasteiger partial charge in [-0.25, -0.2) is 4.39 Å². The molecule has 0 amide bonds. The molecule has 1 aliphatic rings. The van der Waals surface area contributed by atoms with Gasteiger partial charge in [-0.2, -0.15) is 10.2 Å². The molecule has 1 aliphatic carbocycles. The Morgan fingerprint density at radius 1 is 1.08 bits per heavy atom. The molecule has 14 heteroatoms. The molecule has 3 N–H and O–H groups in total. The van der Waals surface area contributed by atoms with E-state index in [1.165, 1.54) is 7.11 Å². The molecular weight excluding hydrogens is 504 g/mol. The van der Waals surface area contributed by atoms with E-state index in [0.717, 1.165) is 60.9 Å². The predicted octanol–water partition coefficient (Wildman–Crippen LogP) is 4.62. The first-order chi connectivity index (χ1) is 17.2. The maximum absolute atomic E-state index is 14.3. The number of benzene rings is 1. The molecule has 2 aromatic heterocycles. The number of halogens is 4. The summed E-state index contributed by atoms with van der Waals surface area (Å²) in [6.45, 7) is 0. The maximum Gasteiger partial charge on any atom is 0.573 e. The SMILES string of the molecule is CO[C@H](c1cc(OC(F)(F)F)ccc1F)C(O)Nc1nnc(N[C@H]2CC[C@@H](c3cccnn3)CC2)s1. The van der Waals surface area contributed by atoms with Crippen LogP contribution in [0.4, 0.5) is 27.8 Å². The minimum absolute atomic E-state index is 0.195. The average Bonchev–Trinajstić information content (AvgIpc) is 3.28. The highest BCUT2D eigenvalue weighted by Crippen LogP contribution is 2.34. The van der Waals surface area contributed by atoms with Crippen molar-refractivity contribution in [2.24, 2.45) is 0 Å². The highest BCUT2D eigenvalue weighted by molar-refractivity contribution is 7.19. The number of nitrogens with one attached hydrogen (secondary N) is 2. The largest absolute Gasteiger partial charge is 0.573 e. The highest BCUT2D eigenvalue weighted by Gasteiger charge is 2.33. The summed E-state index contributed by atoms with van der Waals surface area (Å²) in [5.41, 5.74) is 0.675. The Balaban J connectivity index is 1.34. The third kappa shape index (κ3) is 6.77. The monoisotopic (exact) mass is 528 g/mol. The first-order valence-corrected chi connectivity index (χ1v) is 11.9. The number of aliphatic hydroxyl groups is 1. The van der Waals surface area contributed by atoms with Crippen molar-refractivity contribution in [3.63, 3.8) is 0 Å². The van der Waals surface area contributed by atoms with Gasteiger partial charge in [0.1, 0.15) is 17.7 Å². The van der Waals surface area contributed by atoms with E-state index in [2.05, 4.69) is 35.8 Å². The number of ether oxygens (including phenoxy) is 2. The number of hydrogen-bond donors (Lipinski definition) is 3. The zero-order valence-corrected chi connectivity index (χ0v) is 19.9. The van der Waals surface area contributed by atoms with Crippen molar-refractivity contribution in [1.82, 2.24) is 20.4 Å². The second-order valence-electron chi connectivity index (χ2n) is 8.23. The Bertz CT molecular complexity index is 1130. The normalized spacial score (nSPS) is 19.9. The Labute approximate surface area is 207 Å². The van der Waals surface area contributed by atoms with Gasteiger partial charge in [-0.1, -0.05) is 11.3 Å². The summed E-state index contributed by atoms with van der Waals surface area (Å²) in [6, 6.07) is 6.53. The van der Waals surface area contributed by atoms with E-state index >= 15 is 0 Å². The van der Waals surface area contributed by atoms with Gasteiger partial charge in [0.2, 0.25) is 10.3 Å². The van der Waals surface area contributed by atoms with Crippen LogP contribution in [0.15, 0.2) is 36.5 Å². The molecule has 36 heavy (non-hydrogen) atoms. The smallest absolute Gasteiger partial charge is 0.406 e. The van der Waals surface area contributed by atoms with E-state index in [0.29, 0.717) is 11.0 Å². The molecule has 0 aliphatic heterocycles. The first-order valence-electron chi connectivity index (χ1n) is 11.1. The summed E-state index contributed by atoms with van der Waals surface area (Å²) in [4.78, 5) is 0. The predicted molar refractivity (Wildman–Crippen MR) is 123 cm³/mol. The van der Waals surface area contributed by atoms with Crippen molar-refractivity contribution < 1.29 is 32.1 Å². The van der Waals surface area contributed by atoms with Crippen LogP contribution in [0, 0.1) is 5.82 Å². The van der Waals surface area contributed by atoms with Crippen LogP contribution in [0.1, 0.15) is 49.0 Å². The molecule has 194 valence electrons. The Morgan fingerprint density at radius 3 is 2.50 bits per heavy atom. The molecule has 1 unspecified atom stereocenters. The molecule has 0 bridgehead atoms. The van der Waals surface area contributed by atoms with Crippen molar-refractivity contribution in [3.8, 4) is 5.75 Å². The van der Waals surface area contributed by atoms with Gasteiger partial charge in [-0.3, -0.25) is 0 Å². The van der Waals surface area contributed by atoms with Gasteiger partial charge in [-0.15, -0.1) is 23.4 Å². The van der Waals surface area contributed by atoms with Crippen LogP contribution in [0.5, 0.6) is 5.75 Å². The van der Waals surface area contributed by atoms with Crippen LogP contribution in [0.25, 0.3) is 0 Å². The third-order valence-corrected chi connectivity index (χ3v) is 6.60. The minimum atomic E-state index is -4.95. The van der Waals surface area contributed by atoms with Gasteiger partial charge in [0.05, 0.1) is 5.69 Å².